The van der Waals surface area contributed by atoms with Crippen molar-refractivity contribution in [3.8, 4) is 5.75 Å². The molecule has 2 rings (SSSR count). The normalized spacial score (nSPS) is 17.2. The lowest BCUT2D eigenvalue weighted by atomic mass is 10.1. The quantitative estimate of drug-likeness (QED) is 0.338. The van der Waals surface area contributed by atoms with E-state index in [-0.39, 0.29) is 0 Å². The molecule has 0 radical (unpaired) electrons. The van der Waals surface area contributed by atoms with Crippen LogP contribution in [0.1, 0.15) is 19.3 Å². The Hall–Kier alpha value is -2.00. The second-order valence-corrected chi connectivity index (χ2v) is 12.5. The number of rotatable bonds is 9. The molecule has 208 valence electrons. The molecule has 9 nitrogen and oxygen atoms in total. The Labute approximate surface area is 198 Å². The second-order valence-electron chi connectivity index (χ2n) is 7.22. The Kier molecular flexibility index (Phi) is 7.88. The van der Waals surface area contributed by atoms with Crippen molar-refractivity contribution < 1.29 is 69.0 Å². The fraction of sp³-hybridized carbons (Fsp3) is 0.600. The lowest BCUT2D eigenvalue weighted by Crippen LogP contribution is -2.64. The van der Waals surface area contributed by atoms with E-state index in [9.17, 15) is 64.8 Å². The van der Waals surface area contributed by atoms with Crippen molar-refractivity contribution >= 4 is 35.9 Å². The summed E-state index contributed by atoms with van der Waals surface area (Å²) in [6.45, 7) is 1.15. The molecule has 0 bridgehead atoms. The molecule has 0 aliphatic carbocycles. The Bertz CT molecular complexity index is 1270. The first-order chi connectivity index (χ1) is 16.0. The average molecular weight is 602 g/mol. The van der Waals surface area contributed by atoms with E-state index in [2.05, 4.69) is 4.18 Å². The van der Waals surface area contributed by atoms with Gasteiger partial charge in [-0.25, -0.2) is 16.8 Å². The number of hydrogen-bond acceptors (Lipinski definition) is 8. The van der Waals surface area contributed by atoms with E-state index in [0.717, 1.165) is 31.4 Å². The van der Waals surface area contributed by atoms with E-state index in [1.807, 2.05) is 0 Å². The number of sulfonamides is 2. The lowest BCUT2D eigenvalue weighted by molar-refractivity contribution is -0.245. The van der Waals surface area contributed by atoms with E-state index >= 15 is 0 Å². The standard InChI is InChI=1S/C15H15F9N2O7S3/c16-12(17,13(18,19)34(27,28)25-35(29,30)15(22,23)24)14(20,21)36(31,32)33-11-6-4-10(5-7-11)26-8-2-1-3-9-26/h4-7,25H,1-3,8-9H2. The molecule has 0 saturated carbocycles. The molecular weight excluding hydrogens is 587 g/mol. The summed E-state index contributed by atoms with van der Waals surface area (Å²) < 4.78 is 191. The third-order valence-electron chi connectivity index (χ3n) is 4.67. The maximum absolute atomic E-state index is 14.1. The van der Waals surface area contributed by atoms with Crippen LogP contribution in [0.5, 0.6) is 5.75 Å². The van der Waals surface area contributed by atoms with Crippen molar-refractivity contribution in [3.63, 3.8) is 0 Å². The molecule has 1 heterocycles. The topological polar surface area (TPSA) is 127 Å². The van der Waals surface area contributed by atoms with Crippen LogP contribution in [0.2, 0.25) is 0 Å². The van der Waals surface area contributed by atoms with Gasteiger partial charge < -0.3 is 9.08 Å². The number of benzene rings is 1. The molecule has 0 amide bonds. The summed E-state index contributed by atoms with van der Waals surface area (Å²) in [5, 5.41) is -14.5. The molecule has 0 atom stereocenters. The number of nitrogens with one attached hydrogen (secondary N) is 1. The third kappa shape index (κ3) is 5.32. The third-order valence-corrected chi connectivity index (χ3v) is 9.26. The zero-order valence-corrected chi connectivity index (χ0v) is 19.7. The summed E-state index contributed by atoms with van der Waals surface area (Å²) in [5.41, 5.74) is -6.21. The summed E-state index contributed by atoms with van der Waals surface area (Å²) in [7, 11) is -22.3. The van der Waals surface area contributed by atoms with Gasteiger partial charge in [-0.15, -0.1) is 0 Å². The van der Waals surface area contributed by atoms with Crippen LogP contribution in [0.3, 0.4) is 0 Å². The first-order valence-corrected chi connectivity index (χ1v) is 13.6. The van der Waals surface area contributed by atoms with Crippen LogP contribution in [0.25, 0.3) is 0 Å². The molecule has 1 N–H and O–H groups in total. The van der Waals surface area contributed by atoms with Crippen molar-refractivity contribution in [1.82, 2.24) is 4.13 Å². The SMILES string of the molecule is O=S(=O)(NS(=O)(=O)C(F)(F)C(F)(F)C(F)(F)S(=O)(=O)Oc1ccc(N2CCCCC2)cc1)C(F)(F)F. The van der Waals surface area contributed by atoms with Crippen molar-refractivity contribution in [2.45, 2.75) is 41.2 Å². The van der Waals surface area contributed by atoms with Gasteiger partial charge in [0, 0.05) is 18.8 Å². The summed E-state index contributed by atoms with van der Waals surface area (Å²) in [6.07, 6.45) is 2.52. The molecule has 1 aliphatic heterocycles. The van der Waals surface area contributed by atoms with E-state index in [1.54, 1.807) is 4.90 Å². The van der Waals surface area contributed by atoms with E-state index in [4.69, 9.17) is 0 Å². The zero-order chi connectivity index (χ0) is 28.0. The predicted molar refractivity (Wildman–Crippen MR) is 104 cm³/mol. The largest absolute Gasteiger partial charge is 0.512 e. The Balaban J connectivity index is 2.36. The van der Waals surface area contributed by atoms with Crippen LogP contribution >= 0.6 is 0 Å². The van der Waals surface area contributed by atoms with Crippen molar-refractivity contribution in [2.24, 2.45) is 0 Å². The summed E-state index contributed by atoms with van der Waals surface area (Å²) in [5.74, 6) is -8.63. The van der Waals surface area contributed by atoms with Gasteiger partial charge in [-0.3, -0.25) is 0 Å². The van der Waals surface area contributed by atoms with Crippen LogP contribution in [0.15, 0.2) is 24.3 Å². The van der Waals surface area contributed by atoms with Gasteiger partial charge in [0.05, 0.1) is 0 Å². The van der Waals surface area contributed by atoms with Gasteiger partial charge in [0.25, 0.3) is 10.0 Å². The van der Waals surface area contributed by atoms with Crippen LogP contribution in [-0.2, 0) is 30.2 Å². The minimum Gasteiger partial charge on any atom is -0.378 e. The first kappa shape index (κ1) is 30.2. The highest BCUT2D eigenvalue weighted by Crippen LogP contribution is 2.51. The average Bonchev–Trinajstić information content (AvgIpc) is 2.72. The minimum atomic E-state index is -7.84. The zero-order valence-electron chi connectivity index (χ0n) is 17.3. The highest BCUT2D eigenvalue weighted by atomic mass is 32.3. The lowest BCUT2D eigenvalue weighted by Gasteiger charge is -2.31. The number of anilines is 1. The number of nitrogens with zero attached hydrogens (tertiary/aromatic N) is 1. The molecule has 21 heteroatoms. The smallest absolute Gasteiger partial charge is 0.378 e. The highest BCUT2D eigenvalue weighted by Gasteiger charge is 2.83. The number of halogens is 9. The Morgan fingerprint density at radius 1 is 0.694 bits per heavy atom. The van der Waals surface area contributed by atoms with Crippen molar-refractivity contribution in [3.05, 3.63) is 24.3 Å². The molecule has 0 spiro atoms. The molecule has 1 aromatic carbocycles. The van der Waals surface area contributed by atoms with Gasteiger partial charge in [-0.1, -0.05) is 4.13 Å². The fourth-order valence-corrected chi connectivity index (χ4v) is 6.18. The maximum atomic E-state index is 14.1. The summed E-state index contributed by atoms with van der Waals surface area (Å²) in [6, 6.07) is 3.64. The van der Waals surface area contributed by atoms with Gasteiger partial charge in [-0.05, 0) is 43.5 Å². The molecule has 0 unspecified atom stereocenters. The molecule has 36 heavy (non-hydrogen) atoms. The van der Waals surface area contributed by atoms with Gasteiger partial charge in [0.2, 0.25) is 0 Å². The van der Waals surface area contributed by atoms with E-state index in [0.29, 0.717) is 30.9 Å². The van der Waals surface area contributed by atoms with Gasteiger partial charge in [0.1, 0.15) is 5.75 Å². The van der Waals surface area contributed by atoms with Gasteiger partial charge in [0.15, 0.2) is 0 Å². The minimum absolute atomic E-state index is 0.436. The summed E-state index contributed by atoms with van der Waals surface area (Å²) >= 11 is 0. The predicted octanol–water partition coefficient (Wildman–Crippen LogP) is 2.98. The Morgan fingerprint density at radius 3 is 1.61 bits per heavy atom. The van der Waals surface area contributed by atoms with Crippen molar-refractivity contribution in [2.75, 3.05) is 18.0 Å². The van der Waals surface area contributed by atoms with E-state index < -0.39 is 62.0 Å². The number of alkyl halides is 9. The van der Waals surface area contributed by atoms with Crippen LogP contribution < -0.4 is 13.2 Å². The molecule has 0 aromatic heterocycles. The summed E-state index contributed by atoms with van der Waals surface area (Å²) in [4.78, 5) is 1.79. The Morgan fingerprint density at radius 2 is 1.17 bits per heavy atom. The fourth-order valence-electron chi connectivity index (χ4n) is 2.78. The monoisotopic (exact) mass is 602 g/mol. The molecule has 1 aliphatic rings. The van der Waals surface area contributed by atoms with Crippen LogP contribution in [0, 0.1) is 0 Å². The molecule has 1 fully saturated rings. The van der Waals surface area contributed by atoms with Crippen molar-refractivity contribution in [1.29, 1.82) is 0 Å². The number of hydrogen-bond donors (Lipinski definition) is 1. The highest BCUT2D eigenvalue weighted by molar-refractivity contribution is 8.05. The van der Waals surface area contributed by atoms with Gasteiger partial charge >= 0.3 is 42.1 Å². The van der Waals surface area contributed by atoms with Gasteiger partial charge in [-0.2, -0.15) is 47.9 Å². The van der Waals surface area contributed by atoms with E-state index in [1.165, 1.54) is 0 Å². The molecular formula is C15H15F9N2O7S3. The second kappa shape index (κ2) is 9.39. The van der Waals surface area contributed by atoms with Crippen LogP contribution in [-0.4, -0.2) is 60.3 Å². The molecule has 1 saturated heterocycles. The molecule has 1 aromatic rings. The first-order valence-electron chi connectivity index (χ1n) is 9.27. The van der Waals surface area contributed by atoms with Crippen LogP contribution in [0.4, 0.5) is 45.2 Å². The maximum Gasteiger partial charge on any atom is 0.512 e. The number of piperidine rings is 1.